The average Bonchev–Trinajstić information content (AvgIpc) is 3.51. The molecule has 0 aliphatic carbocycles. The second-order valence-corrected chi connectivity index (χ2v) is 8.46. The Hall–Kier alpha value is -2.86. The lowest BCUT2D eigenvalue weighted by molar-refractivity contribution is 0.0724. The van der Waals surface area contributed by atoms with Gasteiger partial charge in [0.25, 0.3) is 5.91 Å². The van der Waals surface area contributed by atoms with Gasteiger partial charge in [-0.25, -0.2) is 0 Å². The molecule has 0 saturated carbocycles. The maximum atomic E-state index is 12.9. The molecule has 150 valence electrons. The molecule has 2 unspecified atom stereocenters. The van der Waals surface area contributed by atoms with E-state index < -0.39 is 0 Å². The third-order valence-electron chi connectivity index (χ3n) is 6.56. The highest BCUT2D eigenvalue weighted by Gasteiger charge is 2.53. The minimum absolute atomic E-state index is 0.0172. The van der Waals surface area contributed by atoms with Crippen LogP contribution in [0.3, 0.4) is 0 Å². The molecule has 5 rings (SSSR count). The first kappa shape index (κ1) is 18.2. The molecule has 4 heterocycles. The van der Waals surface area contributed by atoms with E-state index in [9.17, 15) is 4.79 Å². The number of amides is 1. The monoisotopic (exact) mass is 390 g/mol. The van der Waals surface area contributed by atoms with Gasteiger partial charge in [0.1, 0.15) is 0 Å². The van der Waals surface area contributed by atoms with Crippen LogP contribution in [0.15, 0.2) is 65.4 Å². The lowest BCUT2D eigenvalue weighted by atomic mass is 9.76. The molecule has 2 fully saturated rings. The van der Waals surface area contributed by atoms with Gasteiger partial charge in [-0.1, -0.05) is 30.3 Å². The molecule has 2 aromatic heterocycles. The van der Waals surface area contributed by atoms with E-state index in [1.165, 1.54) is 5.56 Å². The highest BCUT2D eigenvalue weighted by atomic mass is 16.3. The maximum Gasteiger partial charge on any atom is 0.289 e. The van der Waals surface area contributed by atoms with E-state index in [2.05, 4.69) is 45.4 Å². The molecule has 2 saturated heterocycles. The van der Waals surface area contributed by atoms with Gasteiger partial charge in [-0.05, 0) is 42.5 Å². The first-order valence-electron chi connectivity index (χ1n) is 10.3. The quantitative estimate of drug-likeness (QED) is 0.702. The van der Waals surface area contributed by atoms with Crippen LogP contribution in [0.5, 0.6) is 0 Å². The minimum Gasteiger partial charge on any atom is -0.459 e. The van der Waals surface area contributed by atoms with Gasteiger partial charge in [0.2, 0.25) is 0 Å². The fraction of sp³-hybridized carbons (Fsp3) is 0.391. The maximum absolute atomic E-state index is 12.9. The molecule has 2 aliphatic rings. The standard InChI is InChI=1S/C23H26N4O2/c28-22(21-7-4-12-29-21)27-14-19-13-26(15-20-9-11-24-25-20)16-23(19,17-27)10-8-18-5-2-1-3-6-18/h1-7,9,11-12,19H,8,10,13-17H2,(H,24,25). The van der Waals surface area contributed by atoms with Gasteiger partial charge in [0, 0.05) is 50.0 Å². The van der Waals surface area contributed by atoms with Crippen molar-refractivity contribution in [3.05, 3.63) is 78.0 Å². The number of nitrogens with zero attached hydrogens (tertiary/aromatic N) is 3. The fourth-order valence-corrected chi connectivity index (χ4v) is 5.13. The predicted octanol–water partition coefficient (Wildman–Crippen LogP) is 3.21. The Morgan fingerprint density at radius 3 is 2.79 bits per heavy atom. The molecule has 29 heavy (non-hydrogen) atoms. The molecule has 1 N–H and O–H groups in total. The number of rotatable bonds is 6. The normalized spacial score (nSPS) is 24.1. The number of furan rings is 1. The molecular weight excluding hydrogens is 364 g/mol. The van der Waals surface area contributed by atoms with Crippen molar-refractivity contribution in [1.82, 2.24) is 20.0 Å². The van der Waals surface area contributed by atoms with E-state index in [-0.39, 0.29) is 11.3 Å². The van der Waals surface area contributed by atoms with Gasteiger partial charge in [-0.2, -0.15) is 5.10 Å². The van der Waals surface area contributed by atoms with Gasteiger partial charge in [0.05, 0.1) is 6.26 Å². The number of nitrogens with one attached hydrogen (secondary N) is 1. The summed E-state index contributed by atoms with van der Waals surface area (Å²) in [7, 11) is 0. The number of H-pyrrole nitrogens is 1. The summed E-state index contributed by atoms with van der Waals surface area (Å²) in [6, 6.07) is 16.2. The third-order valence-corrected chi connectivity index (χ3v) is 6.56. The molecule has 6 nitrogen and oxygen atoms in total. The van der Waals surface area contributed by atoms with Crippen LogP contribution in [-0.2, 0) is 13.0 Å². The van der Waals surface area contributed by atoms with Crippen molar-refractivity contribution in [2.75, 3.05) is 26.2 Å². The van der Waals surface area contributed by atoms with E-state index in [1.807, 2.05) is 11.0 Å². The van der Waals surface area contributed by atoms with Crippen LogP contribution in [0.2, 0.25) is 0 Å². The summed E-state index contributed by atoms with van der Waals surface area (Å²) in [4.78, 5) is 17.4. The van der Waals surface area contributed by atoms with Crippen LogP contribution in [0, 0.1) is 11.3 Å². The molecule has 0 spiro atoms. The van der Waals surface area contributed by atoms with Gasteiger partial charge >= 0.3 is 0 Å². The number of aromatic nitrogens is 2. The predicted molar refractivity (Wildman–Crippen MR) is 109 cm³/mol. The molecule has 1 aromatic carbocycles. The van der Waals surface area contributed by atoms with Crippen LogP contribution in [0.4, 0.5) is 0 Å². The van der Waals surface area contributed by atoms with Crippen molar-refractivity contribution in [2.45, 2.75) is 19.4 Å². The van der Waals surface area contributed by atoms with Gasteiger partial charge in [0.15, 0.2) is 5.76 Å². The smallest absolute Gasteiger partial charge is 0.289 e. The van der Waals surface area contributed by atoms with Crippen LogP contribution < -0.4 is 0 Å². The van der Waals surface area contributed by atoms with Crippen molar-refractivity contribution in [1.29, 1.82) is 0 Å². The SMILES string of the molecule is O=C(c1ccco1)N1CC2CN(Cc3ccn[nH]3)CC2(CCc2ccccc2)C1. The summed E-state index contributed by atoms with van der Waals surface area (Å²) in [6.07, 6.45) is 5.50. The van der Waals surface area contributed by atoms with Crippen LogP contribution in [0.1, 0.15) is 28.2 Å². The van der Waals surface area contributed by atoms with E-state index >= 15 is 0 Å². The van der Waals surface area contributed by atoms with Crippen LogP contribution >= 0.6 is 0 Å². The third kappa shape index (κ3) is 3.60. The molecule has 2 aliphatic heterocycles. The Morgan fingerprint density at radius 2 is 2.03 bits per heavy atom. The largest absolute Gasteiger partial charge is 0.459 e. The summed E-state index contributed by atoms with van der Waals surface area (Å²) < 4.78 is 5.37. The first-order valence-corrected chi connectivity index (χ1v) is 10.3. The zero-order valence-electron chi connectivity index (χ0n) is 16.5. The van der Waals surface area contributed by atoms with Gasteiger partial charge in [-0.15, -0.1) is 0 Å². The van der Waals surface area contributed by atoms with Crippen molar-refractivity contribution in [3.8, 4) is 0 Å². The van der Waals surface area contributed by atoms with E-state index in [0.29, 0.717) is 11.7 Å². The van der Waals surface area contributed by atoms with Crippen molar-refractivity contribution < 1.29 is 9.21 Å². The Labute approximate surface area is 170 Å². The number of carbonyl (C=O) groups excluding carboxylic acids is 1. The summed E-state index contributed by atoms with van der Waals surface area (Å²) in [5.41, 5.74) is 2.63. The zero-order chi connectivity index (χ0) is 19.7. The Bertz CT molecular complexity index is 939. The van der Waals surface area contributed by atoms with Crippen LogP contribution in [-0.4, -0.2) is 52.1 Å². The molecule has 0 bridgehead atoms. The summed E-state index contributed by atoms with van der Waals surface area (Å²) in [6.45, 7) is 4.49. The number of hydrogen-bond acceptors (Lipinski definition) is 4. The second-order valence-electron chi connectivity index (χ2n) is 8.46. The number of carbonyl (C=O) groups is 1. The highest BCUT2D eigenvalue weighted by molar-refractivity contribution is 5.91. The average molecular weight is 390 g/mol. The Morgan fingerprint density at radius 1 is 1.14 bits per heavy atom. The second kappa shape index (κ2) is 7.52. The number of hydrogen-bond donors (Lipinski definition) is 1. The van der Waals surface area contributed by atoms with Crippen molar-refractivity contribution >= 4 is 5.91 Å². The van der Waals surface area contributed by atoms with E-state index in [1.54, 1.807) is 24.6 Å². The number of aromatic amines is 1. The van der Waals surface area contributed by atoms with Crippen LogP contribution in [0.25, 0.3) is 0 Å². The minimum atomic E-state index is 0.0172. The molecule has 0 radical (unpaired) electrons. The number of aryl methyl sites for hydroxylation is 1. The molecule has 3 aromatic rings. The number of likely N-dealkylation sites (tertiary alicyclic amines) is 2. The van der Waals surface area contributed by atoms with E-state index in [4.69, 9.17) is 4.42 Å². The molecule has 1 amide bonds. The lowest BCUT2D eigenvalue weighted by Crippen LogP contribution is -2.37. The summed E-state index contributed by atoms with van der Waals surface area (Å²) in [5, 5.41) is 7.16. The number of fused-ring (bicyclic) bond motifs is 1. The lowest BCUT2D eigenvalue weighted by Gasteiger charge is -2.29. The number of benzene rings is 1. The van der Waals surface area contributed by atoms with Crippen molar-refractivity contribution in [2.24, 2.45) is 11.3 Å². The topological polar surface area (TPSA) is 65.4 Å². The molecule has 6 heteroatoms. The fourth-order valence-electron chi connectivity index (χ4n) is 5.13. The molecule has 2 atom stereocenters. The summed E-state index contributed by atoms with van der Waals surface area (Å²) in [5.74, 6) is 0.939. The van der Waals surface area contributed by atoms with E-state index in [0.717, 1.165) is 51.3 Å². The van der Waals surface area contributed by atoms with Gasteiger partial charge in [-0.3, -0.25) is 14.8 Å². The Kier molecular flexibility index (Phi) is 4.72. The highest BCUT2D eigenvalue weighted by Crippen LogP contribution is 2.46. The molecular formula is C23H26N4O2. The van der Waals surface area contributed by atoms with Crippen molar-refractivity contribution in [3.63, 3.8) is 0 Å². The van der Waals surface area contributed by atoms with Gasteiger partial charge < -0.3 is 9.32 Å². The zero-order valence-corrected chi connectivity index (χ0v) is 16.5. The first-order chi connectivity index (χ1) is 14.2. The Balaban J connectivity index is 1.34. The summed E-state index contributed by atoms with van der Waals surface area (Å²) >= 11 is 0.